The van der Waals surface area contributed by atoms with Crippen LogP contribution in [0.2, 0.25) is 0 Å². The SMILES string of the molecule is C=C(C)COC(=O)[C@@]12CCC(=O)N1c1ccccc1C(=O)N2C(C)C. The first-order valence-corrected chi connectivity index (χ1v) is 8.38. The van der Waals surface area contributed by atoms with Gasteiger partial charge < -0.3 is 9.64 Å². The minimum atomic E-state index is -1.42. The first-order chi connectivity index (χ1) is 11.8. The Hall–Kier alpha value is -2.63. The molecule has 0 unspecified atom stereocenters. The highest BCUT2D eigenvalue weighted by molar-refractivity contribution is 6.15. The van der Waals surface area contributed by atoms with Gasteiger partial charge in [-0.2, -0.15) is 0 Å². The summed E-state index contributed by atoms with van der Waals surface area (Å²) in [7, 11) is 0. The number of nitrogens with zero attached hydrogens (tertiary/aromatic N) is 2. The average molecular weight is 342 g/mol. The van der Waals surface area contributed by atoms with E-state index in [0.717, 1.165) is 0 Å². The molecular formula is C19H22N2O4. The Labute approximate surface area is 147 Å². The average Bonchev–Trinajstić information content (AvgIpc) is 2.91. The number of hydrogen-bond donors (Lipinski definition) is 0. The molecule has 0 saturated carbocycles. The molecule has 2 heterocycles. The van der Waals surface area contributed by atoms with E-state index in [4.69, 9.17) is 4.74 Å². The highest BCUT2D eigenvalue weighted by atomic mass is 16.5. The molecule has 2 aliphatic heterocycles. The number of hydrogen-bond acceptors (Lipinski definition) is 4. The maximum atomic E-state index is 13.1. The number of ether oxygens (including phenoxy) is 1. The van der Waals surface area contributed by atoms with Crippen molar-refractivity contribution in [2.75, 3.05) is 11.5 Å². The third-order valence-corrected chi connectivity index (χ3v) is 4.59. The molecule has 6 heteroatoms. The van der Waals surface area contributed by atoms with Crippen molar-refractivity contribution in [3.63, 3.8) is 0 Å². The van der Waals surface area contributed by atoms with Gasteiger partial charge in [0.1, 0.15) is 6.61 Å². The summed E-state index contributed by atoms with van der Waals surface area (Å²) in [6.07, 6.45) is 0.409. The molecule has 0 spiro atoms. The fraction of sp³-hybridized carbons (Fsp3) is 0.421. The number of amides is 2. The summed E-state index contributed by atoms with van der Waals surface area (Å²) in [4.78, 5) is 41.8. The highest BCUT2D eigenvalue weighted by Gasteiger charge is 2.62. The van der Waals surface area contributed by atoms with E-state index < -0.39 is 11.6 Å². The van der Waals surface area contributed by atoms with Crippen molar-refractivity contribution in [3.8, 4) is 0 Å². The second kappa shape index (κ2) is 6.02. The minimum absolute atomic E-state index is 0.0599. The van der Waals surface area contributed by atoms with E-state index in [1.54, 1.807) is 31.2 Å². The zero-order valence-corrected chi connectivity index (χ0v) is 14.7. The number of fused-ring (bicyclic) bond motifs is 3. The quantitative estimate of drug-likeness (QED) is 0.623. The predicted octanol–water partition coefficient (Wildman–Crippen LogP) is 2.49. The van der Waals surface area contributed by atoms with E-state index in [0.29, 0.717) is 16.8 Å². The summed E-state index contributed by atoms with van der Waals surface area (Å²) in [5.41, 5.74) is 0.166. The molecule has 6 nitrogen and oxygen atoms in total. The molecule has 3 rings (SSSR count). The summed E-state index contributed by atoms with van der Waals surface area (Å²) in [5, 5.41) is 0. The Morgan fingerprint density at radius 3 is 2.64 bits per heavy atom. The van der Waals surface area contributed by atoms with Gasteiger partial charge in [-0.1, -0.05) is 18.7 Å². The molecule has 1 fully saturated rings. The summed E-state index contributed by atoms with van der Waals surface area (Å²) < 4.78 is 5.41. The van der Waals surface area contributed by atoms with Crippen molar-refractivity contribution in [3.05, 3.63) is 42.0 Å². The smallest absolute Gasteiger partial charge is 0.354 e. The molecule has 0 bridgehead atoms. The van der Waals surface area contributed by atoms with Gasteiger partial charge in [-0.25, -0.2) is 4.79 Å². The fourth-order valence-corrected chi connectivity index (χ4v) is 3.68. The first-order valence-electron chi connectivity index (χ1n) is 8.38. The summed E-state index contributed by atoms with van der Waals surface area (Å²) >= 11 is 0. The minimum Gasteiger partial charge on any atom is -0.458 e. The van der Waals surface area contributed by atoms with E-state index in [9.17, 15) is 14.4 Å². The lowest BCUT2D eigenvalue weighted by Gasteiger charge is -2.50. The van der Waals surface area contributed by atoms with Gasteiger partial charge in [0, 0.05) is 18.9 Å². The van der Waals surface area contributed by atoms with Crippen LogP contribution in [0.5, 0.6) is 0 Å². The Bertz CT molecular complexity index is 770. The van der Waals surface area contributed by atoms with Crippen LogP contribution in [0.25, 0.3) is 0 Å². The van der Waals surface area contributed by atoms with Crippen molar-refractivity contribution in [1.29, 1.82) is 0 Å². The summed E-state index contributed by atoms with van der Waals surface area (Å²) in [6, 6.07) is 6.62. The Balaban J connectivity index is 2.18. The molecule has 1 atom stereocenters. The molecule has 0 aliphatic carbocycles. The number of benzene rings is 1. The third kappa shape index (κ3) is 2.44. The van der Waals surface area contributed by atoms with E-state index >= 15 is 0 Å². The summed E-state index contributed by atoms with van der Waals surface area (Å²) in [5.74, 6) is -1.03. The van der Waals surface area contributed by atoms with Gasteiger partial charge in [0.25, 0.3) is 5.91 Å². The lowest BCUT2D eigenvalue weighted by molar-refractivity contribution is -0.157. The number of esters is 1. The van der Waals surface area contributed by atoms with Crippen LogP contribution in [0, 0.1) is 0 Å². The lowest BCUT2D eigenvalue weighted by Crippen LogP contribution is -2.70. The number of para-hydroxylation sites is 1. The maximum absolute atomic E-state index is 13.1. The topological polar surface area (TPSA) is 66.9 Å². The van der Waals surface area contributed by atoms with Gasteiger partial charge in [-0.3, -0.25) is 14.5 Å². The van der Waals surface area contributed by atoms with Crippen molar-refractivity contribution >= 4 is 23.5 Å². The van der Waals surface area contributed by atoms with E-state index in [2.05, 4.69) is 6.58 Å². The molecule has 2 amide bonds. The van der Waals surface area contributed by atoms with Crippen LogP contribution in [0.1, 0.15) is 44.0 Å². The van der Waals surface area contributed by atoms with Gasteiger partial charge >= 0.3 is 5.97 Å². The van der Waals surface area contributed by atoms with Crippen molar-refractivity contribution in [2.45, 2.75) is 45.3 Å². The Kier molecular flexibility index (Phi) is 4.14. The normalized spacial score (nSPS) is 22.1. The van der Waals surface area contributed by atoms with E-state index in [1.807, 2.05) is 13.8 Å². The van der Waals surface area contributed by atoms with Crippen LogP contribution in [0.3, 0.4) is 0 Å². The monoisotopic (exact) mass is 342 g/mol. The molecule has 25 heavy (non-hydrogen) atoms. The van der Waals surface area contributed by atoms with Gasteiger partial charge in [0.15, 0.2) is 0 Å². The molecular weight excluding hydrogens is 320 g/mol. The molecule has 132 valence electrons. The molecule has 0 aromatic heterocycles. The molecule has 0 N–H and O–H groups in total. The maximum Gasteiger partial charge on any atom is 0.354 e. The van der Waals surface area contributed by atoms with Gasteiger partial charge in [0.2, 0.25) is 11.6 Å². The Morgan fingerprint density at radius 1 is 1.32 bits per heavy atom. The van der Waals surface area contributed by atoms with E-state index in [1.165, 1.54) is 9.80 Å². The van der Waals surface area contributed by atoms with Crippen molar-refractivity contribution < 1.29 is 19.1 Å². The van der Waals surface area contributed by atoms with Gasteiger partial charge in [-0.05, 0) is 38.5 Å². The molecule has 1 aromatic carbocycles. The largest absolute Gasteiger partial charge is 0.458 e. The number of anilines is 1. The van der Waals surface area contributed by atoms with Crippen LogP contribution in [-0.4, -0.2) is 41.0 Å². The molecule has 2 aliphatic rings. The molecule has 1 saturated heterocycles. The zero-order valence-electron chi connectivity index (χ0n) is 14.7. The van der Waals surface area contributed by atoms with Crippen LogP contribution < -0.4 is 4.90 Å². The van der Waals surface area contributed by atoms with Gasteiger partial charge in [0.05, 0.1) is 11.3 Å². The number of carbonyl (C=O) groups is 3. The lowest BCUT2D eigenvalue weighted by atomic mass is 9.95. The highest BCUT2D eigenvalue weighted by Crippen LogP contribution is 2.45. The van der Waals surface area contributed by atoms with E-state index in [-0.39, 0.29) is 37.3 Å². The van der Waals surface area contributed by atoms with Crippen molar-refractivity contribution in [1.82, 2.24) is 4.90 Å². The first kappa shape index (κ1) is 17.2. The van der Waals surface area contributed by atoms with Crippen LogP contribution in [0.15, 0.2) is 36.4 Å². The van der Waals surface area contributed by atoms with Crippen LogP contribution in [-0.2, 0) is 14.3 Å². The Morgan fingerprint density at radius 2 is 2.00 bits per heavy atom. The van der Waals surface area contributed by atoms with Crippen LogP contribution >= 0.6 is 0 Å². The molecule has 0 radical (unpaired) electrons. The predicted molar refractivity (Wildman–Crippen MR) is 93.0 cm³/mol. The second-order valence-corrected chi connectivity index (χ2v) is 6.87. The second-order valence-electron chi connectivity index (χ2n) is 6.87. The standard InChI is InChI=1S/C19H22N2O4/c1-12(2)11-25-18(24)19-10-9-16(22)21(19)15-8-6-5-7-14(15)17(23)20(19)13(3)4/h5-8,13H,1,9-11H2,2-4H3/t19-/m1/s1. The zero-order chi connectivity index (χ0) is 18.4. The fourth-order valence-electron chi connectivity index (χ4n) is 3.68. The summed E-state index contributed by atoms with van der Waals surface area (Å²) in [6.45, 7) is 9.22. The number of rotatable bonds is 4. The third-order valence-electron chi connectivity index (χ3n) is 4.59. The van der Waals surface area contributed by atoms with Gasteiger partial charge in [-0.15, -0.1) is 0 Å². The van der Waals surface area contributed by atoms with Crippen molar-refractivity contribution in [2.24, 2.45) is 0 Å². The van der Waals surface area contributed by atoms with Crippen LogP contribution in [0.4, 0.5) is 5.69 Å². The number of carbonyl (C=O) groups excluding carboxylic acids is 3. The molecule has 1 aromatic rings.